The number of aromatic nitrogens is 2. The Morgan fingerprint density at radius 1 is 0.943 bits per heavy atom. The zero-order valence-electron chi connectivity index (χ0n) is 19.4. The van der Waals surface area contributed by atoms with Crippen LogP contribution < -0.4 is 15.4 Å². The van der Waals surface area contributed by atoms with Gasteiger partial charge in [0.25, 0.3) is 11.8 Å². The zero-order chi connectivity index (χ0) is 24.8. The van der Waals surface area contributed by atoms with Crippen molar-refractivity contribution in [3.63, 3.8) is 0 Å². The highest BCUT2D eigenvalue weighted by Crippen LogP contribution is 2.27. The van der Waals surface area contributed by atoms with E-state index < -0.39 is 11.7 Å². The molecule has 0 fully saturated rings. The SMILES string of the molecule is COc1cccc(-c2nn(-c3ccccc3)cc2C(=O)NCCNC(=O)c2ccc(C)c(F)c2)c1. The first kappa shape index (κ1) is 23.7. The van der Waals surface area contributed by atoms with Crippen LogP contribution in [0.5, 0.6) is 5.75 Å². The van der Waals surface area contributed by atoms with E-state index in [2.05, 4.69) is 15.7 Å². The van der Waals surface area contributed by atoms with Crippen molar-refractivity contribution in [1.82, 2.24) is 20.4 Å². The smallest absolute Gasteiger partial charge is 0.255 e. The van der Waals surface area contributed by atoms with Crippen molar-refractivity contribution in [2.45, 2.75) is 6.92 Å². The molecule has 0 saturated heterocycles. The standard InChI is InChI=1S/C27H25FN4O3/c1-18-11-12-20(16-24(18)28)26(33)29-13-14-30-27(34)23-17-32(21-8-4-3-5-9-21)31-25(23)19-7-6-10-22(15-19)35-2/h3-12,15-17H,13-14H2,1-2H3,(H,29,33)(H,30,34). The average Bonchev–Trinajstić information content (AvgIpc) is 3.34. The van der Waals surface area contributed by atoms with Gasteiger partial charge in [0.2, 0.25) is 0 Å². The number of amides is 2. The molecule has 178 valence electrons. The lowest BCUT2D eigenvalue weighted by molar-refractivity contribution is 0.0928. The minimum absolute atomic E-state index is 0.182. The summed E-state index contributed by atoms with van der Waals surface area (Å²) in [6.07, 6.45) is 1.67. The minimum Gasteiger partial charge on any atom is -0.497 e. The van der Waals surface area contributed by atoms with Crippen LogP contribution in [0.2, 0.25) is 0 Å². The summed E-state index contributed by atoms with van der Waals surface area (Å²) in [5, 5.41) is 10.2. The lowest BCUT2D eigenvalue weighted by Crippen LogP contribution is -2.34. The van der Waals surface area contributed by atoms with Gasteiger partial charge in [0, 0.05) is 30.4 Å². The summed E-state index contributed by atoms with van der Waals surface area (Å²) in [6.45, 7) is 2.00. The Hall–Kier alpha value is -4.46. The maximum absolute atomic E-state index is 13.7. The van der Waals surface area contributed by atoms with Crippen molar-refractivity contribution >= 4 is 11.8 Å². The second kappa shape index (κ2) is 10.6. The Morgan fingerprint density at radius 2 is 1.69 bits per heavy atom. The number of ether oxygens (including phenoxy) is 1. The van der Waals surface area contributed by atoms with Crippen LogP contribution >= 0.6 is 0 Å². The molecule has 0 atom stereocenters. The van der Waals surface area contributed by atoms with Crippen molar-refractivity contribution in [2.75, 3.05) is 20.2 Å². The van der Waals surface area contributed by atoms with E-state index in [0.29, 0.717) is 22.6 Å². The summed E-state index contributed by atoms with van der Waals surface area (Å²) in [5.74, 6) is -0.530. The van der Waals surface area contributed by atoms with E-state index in [1.807, 2.05) is 54.6 Å². The fourth-order valence-corrected chi connectivity index (χ4v) is 3.52. The Bertz CT molecular complexity index is 1350. The third kappa shape index (κ3) is 5.55. The van der Waals surface area contributed by atoms with Crippen molar-refractivity contribution in [3.8, 4) is 22.7 Å². The molecule has 1 aromatic heterocycles. The molecule has 0 spiro atoms. The lowest BCUT2D eigenvalue weighted by atomic mass is 10.1. The molecule has 2 N–H and O–H groups in total. The molecule has 35 heavy (non-hydrogen) atoms. The second-order valence-corrected chi connectivity index (χ2v) is 7.88. The number of carbonyl (C=O) groups excluding carboxylic acids is 2. The number of methoxy groups -OCH3 is 1. The third-order valence-corrected chi connectivity index (χ3v) is 5.45. The van der Waals surface area contributed by atoms with Gasteiger partial charge < -0.3 is 15.4 Å². The van der Waals surface area contributed by atoms with Gasteiger partial charge in [-0.1, -0.05) is 36.4 Å². The Labute approximate surface area is 202 Å². The number of para-hydroxylation sites is 1. The first-order chi connectivity index (χ1) is 17.0. The largest absolute Gasteiger partial charge is 0.497 e. The predicted octanol–water partition coefficient (Wildman–Crippen LogP) is 4.16. The molecule has 1 heterocycles. The molecule has 0 saturated carbocycles. The molecule has 3 aromatic carbocycles. The van der Waals surface area contributed by atoms with Gasteiger partial charge in [-0.3, -0.25) is 9.59 Å². The molecule has 0 radical (unpaired) electrons. The number of benzene rings is 3. The summed E-state index contributed by atoms with van der Waals surface area (Å²) >= 11 is 0. The van der Waals surface area contributed by atoms with Crippen LogP contribution in [0.25, 0.3) is 16.9 Å². The minimum atomic E-state index is -0.438. The third-order valence-electron chi connectivity index (χ3n) is 5.45. The maximum Gasteiger partial charge on any atom is 0.255 e. The van der Waals surface area contributed by atoms with Crippen LogP contribution in [0.4, 0.5) is 4.39 Å². The molecular weight excluding hydrogens is 447 g/mol. The van der Waals surface area contributed by atoms with Crippen molar-refractivity contribution in [1.29, 1.82) is 0 Å². The highest BCUT2D eigenvalue weighted by molar-refractivity contribution is 6.00. The van der Waals surface area contributed by atoms with Crippen molar-refractivity contribution in [3.05, 3.63) is 102 Å². The topological polar surface area (TPSA) is 85.2 Å². The summed E-state index contributed by atoms with van der Waals surface area (Å²) in [7, 11) is 1.58. The summed E-state index contributed by atoms with van der Waals surface area (Å²) in [6, 6.07) is 21.1. The van der Waals surface area contributed by atoms with E-state index in [4.69, 9.17) is 4.74 Å². The molecule has 0 bridgehead atoms. The molecule has 4 rings (SSSR count). The van der Waals surface area contributed by atoms with E-state index >= 15 is 0 Å². The Morgan fingerprint density at radius 3 is 2.40 bits per heavy atom. The predicted molar refractivity (Wildman–Crippen MR) is 131 cm³/mol. The molecule has 0 aliphatic rings. The number of rotatable bonds is 8. The summed E-state index contributed by atoms with van der Waals surface area (Å²) in [5.41, 5.74) is 3.13. The number of hydrogen-bond donors (Lipinski definition) is 2. The number of hydrogen-bond acceptors (Lipinski definition) is 4. The molecule has 0 aliphatic heterocycles. The molecule has 0 unspecified atom stereocenters. The average molecular weight is 473 g/mol. The highest BCUT2D eigenvalue weighted by Gasteiger charge is 2.19. The van der Waals surface area contributed by atoms with Crippen LogP contribution in [-0.2, 0) is 0 Å². The van der Waals surface area contributed by atoms with Gasteiger partial charge in [0.05, 0.1) is 18.4 Å². The van der Waals surface area contributed by atoms with Gasteiger partial charge in [0.1, 0.15) is 17.3 Å². The van der Waals surface area contributed by atoms with E-state index in [-0.39, 0.29) is 24.6 Å². The normalized spacial score (nSPS) is 10.6. The molecule has 2 amide bonds. The van der Waals surface area contributed by atoms with E-state index in [1.54, 1.807) is 37.0 Å². The summed E-state index contributed by atoms with van der Waals surface area (Å²) < 4.78 is 20.7. The number of aryl methyl sites for hydroxylation is 1. The van der Waals surface area contributed by atoms with Gasteiger partial charge in [0.15, 0.2) is 0 Å². The van der Waals surface area contributed by atoms with Gasteiger partial charge in [-0.05, 0) is 48.9 Å². The van der Waals surface area contributed by atoms with E-state index in [1.165, 1.54) is 6.07 Å². The van der Waals surface area contributed by atoms with E-state index in [9.17, 15) is 14.0 Å². The van der Waals surface area contributed by atoms with Crippen LogP contribution in [-0.4, -0.2) is 41.8 Å². The Balaban J connectivity index is 1.48. The zero-order valence-corrected chi connectivity index (χ0v) is 19.4. The molecule has 4 aromatic rings. The molecule has 7 nitrogen and oxygen atoms in total. The highest BCUT2D eigenvalue weighted by atomic mass is 19.1. The molecule has 8 heteroatoms. The van der Waals surface area contributed by atoms with Gasteiger partial charge in [-0.25, -0.2) is 9.07 Å². The lowest BCUT2D eigenvalue weighted by Gasteiger charge is -2.08. The van der Waals surface area contributed by atoms with E-state index in [0.717, 1.165) is 11.3 Å². The quantitative estimate of drug-likeness (QED) is 0.377. The van der Waals surface area contributed by atoms with Crippen LogP contribution in [0.1, 0.15) is 26.3 Å². The van der Waals surface area contributed by atoms with Crippen LogP contribution in [0.15, 0.2) is 79.0 Å². The molecule has 0 aliphatic carbocycles. The maximum atomic E-state index is 13.7. The fourth-order valence-electron chi connectivity index (χ4n) is 3.52. The number of nitrogens with zero attached hydrogens (tertiary/aromatic N) is 2. The number of halogens is 1. The fraction of sp³-hybridized carbons (Fsp3) is 0.148. The van der Waals surface area contributed by atoms with Gasteiger partial charge >= 0.3 is 0 Å². The monoisotopic (exact) mass is 472 g/mol. The first-order valence-corrected chi connectivity index (χ1v) is 11.1. The van der Waals surface area contributed by atoms with Gasteiger partial charge in [-0.15, -0.1) is 0 Å². The number of nitrogens with one attached hydrogen (secondary N) is 2. The van der Waals surface area contributed by atoms with Gasteiger partial charge in [-0.2, -0.15) is 5.10 Å². The van der Waals surface area contributed by atoms with Crippen LogP contribution in [0, 0.1) is 12.7 Å². The summed E-state index contributed by atoms with van der Waals surface area (Å²) in [4.78, 5) is 25.3. The molecular formula is C27H25FN4O3. The first-order valence-electron chi connectivity index (χ1n) is 11.1. The van der Waals surface area contributed by atoms with Crippen molar-refractivity contribution < 1.29 is 18.7 Å². The van der Waals surface area contributed by atoms with Crippen LogP contribution in [0.3, 0.4) is 0 Å². The Kier molecular flexibility index (Phi) is 7.21. The van der Waals surface area contributed by atoms with Crippen molar-refractivity contribution in [2.24, 2.45) is 0 Å². The second-order valence-electron chi connectivity index (χ2n) is 7.88. The number of carbonyl (C=O) groups is 2.